The van der Waals surface area contributed by atoms with E-state index in [4.69, 9.17) is 5.73 Å². The fourth-order valence-electron chi connectivity index (χ4n) is 0.557. The summed E-state index contributed by atoms with van der Waals surface area (Å²) in [6.07, 6.45) is 2.21. The Morgan fingerprint density at radius 1 is 1.50 bits per heavy atom. The molecule has 10 heavy (non-hydrogen) atoms. The Balaban J connectivity index is 2.89. The van der Waals surface area contributed by atoms with Gasteiger partial charge in [-0.1, -0.05) is 0 Å². The molecule has 1 rings (SSSR count). The van der Waals surface area contributed by atoms with Crippen LogP contribution in [0.1, 0.15) is 18.8 Å². The minimum Gasteiger partial charge on any atom is -0.322 e. The summed E-state index contributed by atoms with van der Waals surface area (Å²) in [7, 11) is 0. The van der Waals surface area contributed by atoms with Crippen molar-refractivity contribution < 1.29 is 4.39 Å². The second kappa shape index (κ2) is 2.70. The van der Waals surface area contributed by atoms with Gasteiger partial charge < -0.3 is 5.73 Å². The highest BCUT2D eigenvalue weighted by atomic mass is 19.1. The lowest BCUT2D eigenvalue weighted by molar-refractivity contribution is 0.602. The average molecular weight is 141 g/mol. The normalized spacial score (nSPS) is 13.1. The van der Waals surface area contributed by atoms with E-state index in [-0.39, 0.29) is 6.04 Å². The highest BCUT2D eigenvalue weighted by Crippen LogP contribution is 2.00. The van der Waals surface area contributed by atoms with E-state index in [9.17, 15) is 4.39 Å². The van der Waals surface area contributed by atoms with Crippen molar-refractivity contribution in [2.75, 3.05) is 0 Å². The highest BCUT2D eigenvalue weighted by Gasteiger charge is 2.00. The summed E-state index contributed by atoms with van der Waals surface area (Å²) in [6.45, 7) is 1.74. The third-order valence-electron chi connectivity index (χ3n) is 1.05. The molecule has 0 aliphatic carbocycles. The Labute approximate surface area is 58.1 Å². The van der Waals surface area contributed by atoms with Crippen LogP contribution >= 0.6 is 0 Å². The van der Waals surface area contributed by atoms with Crippen LogP contribution in [0.15, 0.2) is 12.4 Å². The van der Waals surface area contributed by atoms with Gasteiger partial charge in [-0.05, 0) is 6.92 Å². The van der Waals surface area contributed by atoms with Gasteiger partial charge in [-0.15, -0.1) is 0 Å². The Morgan fingerprint density at radius 2 is 2.00 bits per heavy atom. The number of nitrogens with two attached hydrogens (primary N) is 1. The Bertz CT molecular complexity index is 207. The molecule has 1 heterocycles. The molecule has 3 nitrogen and oxygen atoms in total. The minimum absolute atomic E-state index is 0.236. The van der Waals surface area contributed by atoms with E-state index in [1.54, 1.807) is 6.92 Å². The van der Waals surface area contributed by atoms with Crippen molar-refractivity contribution in [2.45, 2.75) is 13.0 Å². The molecule has 4 heteroatoms. The Kier molecular flexibility index (Phi) is 1.91. The number of hydrogen-bond donors (Lipinski definition) is 1. The van der Waals surface area contributed by atoms with E-state index in [1.165, 1.54) is 0 Å². The van der Waals surface area contributed by atoms with Crippen molar-refractivity contribution >= 4 is 0 Å². The van der Waals surface area contributed by atoms with E-state index in [2.05, 4.69) is 9.97 Å². The fraction of sp³-hybridized carbons (Fsp3) is 0.333. The number of aromatic nitrogens is 2. The summed E-state index contributed by atoms with van der Waals surface area (Å²) in [4.78, 5) is 7.33. The van der Waals surface area contributed by atoms with Crippen LogP contribution in [0.4, 0.5) is 4.39 Å². The maximum Gasteiger partial charge on any atom is 0.159 e. The summed E-state index contributed by atoms with van der Waals surface area (Å²) in [5.41, 5.74) is 5.42. The summed E-state index contributed by atoms with van der Waals surface area (Å²) < 4.78 is 12.2. The molecule has 1 aromatic heterocycles. The summed E-state index contributed by atoms with van der Waals surface area (Å²) in [6, 6.07) is -0.236. The Hall–Kier alpha value is -1.03. The molecule has 0 amide bonds. The van der Waals surface area contributed by atoms with Gasteiger partial charge in [-0.2, -0.15) is 0 Å². The van der Waals surface area contributed by atoms with E-state index in [0.29, 0.717) is 5.82 Å². The van der Waals surface area contributed by atoms with Crippen molar-refractivity contribution in [1.82, 2.24) is 9.97 Å². The average Bonchev–Trinajstić information content (AvgIpc) is 1.88. The van der Waals surface area contributed by atoms with Crippen LogP contribution in [-0.2, 0) is 0 Å². The summed E-state index contributed by atoms with van der Waals surface area (Å²) >= 11 is 0. The molecule has 2 N–H and O–H groups in total. The van der Waals surface area contributed by atoms with Crippen LogP contribution in [0.2, 0.25) is 0 Å². The molecule has 0 saturated heterocycles. The van der Waals surface area contributed by atoms with Gasteiger partial charge in [0.25, 0.3) is 0 Å². The van der Waals surface area contributed by atoms with Gasteiger partial charge in [0.1, 0.15) is 5.82 Å². The second-order valence-electron chi connectivity index (χ2n) is 2.05. The quantitative estimate of drug-likeness (QED) is 0.624. The topological polar surface area (TPSA) is 51.8 Å². The van der Waals surface area contributed by atoms with E-state index < -0.39 is 5.82 Å². The first kappa shape index (κ1) is 7.08. The van der Waals surface area contributed by atoms with Crippen LogP contribution in [-0.4, -0.2) is 9.97 Å². The van der Waals surface area contributed by atoms with Gasteiger partial charge in [-0.25, -0.2) is 14.4 Å². The lowest BCUT2D eigenvalue weighted by Gasteiger charge is -2.00. The van der Waals surface area contributed by atoms with E-state index in [0.717, 1.165) is 12.4 Å². The van der Waals surface area contributed by atoms with Crippen molar-refractivity contribution in [2.24, 2.45) is 5.73 Å². The predicted molar refractivity (Wildman–Crippen MR) is 34.6 cm³/mol. The third kappa shape index (κ3) is 1.48. The van der Waals surface area contributed by atoms with Crippen molar-refractivity contribution in [3.63, 3.8) is 0 Å². The molecule has 1 aromatic rings. The molecule has 0 bridgehead atoms. The van der Waals surface area contributed by atoms with Crippen molar-refractivity contribution in [3.05, 3.63) is 24.0 Å². The van der Waals surface area contributed by atoms with Gasteiger partial charge in [0.2, 0.25) is 0 Å². The lowest BCUT2D eigenvalue weighted by atomic mass is 10.3. The fourth-order valence-corrected chi connectivity index (χ4v) is 0.557. The minimum atomic E-state index is -0.440. The highest BCUT2D eigenvalue weighted by molar-refractivity contribution is 4.94. The molecule has 0 saturated carbocycles. The first-order chi connectivity index (χ1) is 4.70. The molecule has 0 spiro atoms. The molecular weight excluding hydrogens is 133 g/mol. The van der Waals surface area contributed by atoms with Gasteiger partial charge in [0.15, 0.2) is 5.82 Å². The van der Waals surface area contributed by atoms with Crippen LogP contribution in [0, 0.1) is 5.82 Å². The predicted octanol–water partition coefficient (Wildman–Crippen LogP) is 0.635. The molecule has 1 atom stereocenters. The Morgan fingerprint density at radius 3 is 2.40 bits per heavy atom. The van der Waals surface area contributed by atoms with Crippen molar-refractivity contribution in [1.29, 1.82) is 0 Å². The smallest absolute Gasteiger partial charge is 0.159 e. The maximum atomic E-state index is 12.2. The molecule has 0 fully saturated rings. The van der Waals surface area contributed by atoms with Gasteiger partial charge in [-0.3, -0.25) is 0 Å². The summed E-state index contributed by atoms with van der Waals surface area (Å²) in [5, 5.41) is 0. The van der Waals surface area contributed by atoms with Crippen molar-refractivity contribution in [3.8, 4) is 0 Å². The molecular formula is C6H8FN3. The number of nitrogens with zero attached hydrogens (tertiary/aromatic N) is 2. The molecule has 0 aromatic carbocycles. The molecule has 0 aliphatic heterocycles. The maximum absolute atomic E-state index is 12.2. The lowest BCUT2D eigenvalue weighted by Crippen LogP contribution is -2.09. The first-order valence-corrected chi connectivity index (χ1v) is 2.93. The number of hydrogen-bond acceptors (Lipinski definition) is 3. The zero-order valence-corrected chi connectivity index (χ0v) is 5.58. The molecule has 1 unspecified atom stereocenters. The largest absolute Gasteiger partial charge is 0.322 e. The second-order valence-corrected chi connectivity index (χ2v) is 2.05. The monoisotopic (exact) mass is 141 g/mol. The first-order valence-electron chi connectivity index (χ1n) is 2.93. The SMILES string of the molecule is CC(N)c1ncc(F)cn1. The van der Waals surface area contributed by atoms with Crippen LogP contribution in [0.3, 0.4) is 0 Å². The number of halogens is 1. The standard InChI is InChI=1S/C6H8FN3/c1-4(8)6-9-2-5(7)3-10-6/h2-4H,8H2,1H3. The zero-order valence-electron chi connectivity index (χ0n) is 5.58. The third-order valence-corrected chi connectivity index (χ3v) is 1.05. The van der Waals surface area contributed by atoms with Gasteiger partial charge in [0, 0.05) is 0 Å². The van der Waals surface area contributed by atoms with Crippen LogP contribution in [0.5, 0.6) is 0 Å². The molecule has 54 valence electrons. The van der Waals surface area contributed by atoms with Crippen LogP contribution in [0.25, 0.3) is 0 Å². The summed E-state index contributed by atoms with van der Waals surface area (Å²) in [5.74, 6) is 0.0193. The van der Waals surface area contributed by atoms with E-state index in [1.807, 2.05) is 0 Å². The zero-order chi connectivity index (χ0) is 7.56. The number of rotatable bonds is 1. The van der Waals surface area contributed by atoms with Gasteiger partial charge in [0.05, 0.1) is 18.4 Å². The van der Waals surface area contributed by atoms with Gasteiger partial charge >= 0.3 is 0 Å². The molecule has 0 radical (unpaired) electrons. The van der Waals surface area contributed by atoms with E-state index >= 15 is 0 Å². The molecule has 0 aliphatic rings. The van der Waals surface area contributed by atoms with Crippen LogP contribution < -0.4 is 5.73 Å².